The van der Waals surface area contributed by atoms with Crippen LogP contribution in [0.15, 0.2) is 22.7 Å². The molecule has 0 aromatic heterocycles. The number of halogens is 2. The average Bonchev–Trinajstić information content (AvgIpc) is 2.13. The summed E-state index contributed by atoms with van der Waals surface area (Å²) in [5.41, 5.74) is 2.05. The second kappa shape index (κ2) is 4.66. The molecule has 3 nitrogen and oxygen atoms in total. The van der Waals surface area contributed by atoms with Gasteiger partial charge in [0.1, 0.15) is 5.82 Å². The summed E-state index contributed by atoms with van der Waals surface area (Å²) in [6.07, 6.45) is 0. The summed E-state index contributed by atoms with van der Waals surface area (Å²) in [6, 6.07) is 3.52. The Labute approximate surface area is 83.3 Å². The predicted molar refractivity (Wildman–Crippen MR) is 48.8 cm³/mol. The van der Waals surface area contributed by atoms with E-state index in [1.54, 1.807) is 6.07 Å². The van der Waals surface area contributed by atoms with E-state index < -0.39 is 11.9 Å². The summed E-state index contributed by atoms with van der Waals surface area (Å²) < 4.78 is 13.8. The maximum absolute atomic E-state index is 13.1. The maximum Gasteiger partial charge on any atom is 0.128 e. The zero-order chi connectivity index (χ0) is 9.84. The number of rotatable bonds is 3. The van der Waals surface area contributed by atoms with Crippen LogP contribution < -0.4 is 5.48 Å². The molecule has 1 aromatic rings. The summed E-state index contributed by atoms with van der Waals surface area (Å²) in [4.78, 5) is 0. The molecule has 0 radical (unpaired) electrons. The van der Waals surface area contributed by atoms with Gasteiger partial charge in [-0.05, 0) is 18.2 Å². The molecule has 0 fully saturated rings. The molecule has 1 rings (SSSR count). The summed E-state index contributed by atoms with van der Waals surface area (Å²) in [6.45, 7) is -0.371. The monoisotopic (exact) mass is 249 g/mol. The van der Waals surface area contributed by atoms with E-state index in [4.69, 9.17) is 10.3 Å². The number of hydrogen-bond donors (Lipinski definition) is 3. The Hall–Kier alpha value is -0.490. The first-order valence-electron chi connectivity index (χ1n) is 3.64. The summed E-state index contributed by atoms with van der Waals surface area (Å²) in [5, 5.41) is 17.4. The van der Waals surface area contributed by atoms with Crippen molar-refractivity contribution in [1.82, 2.24) is 5.48 Å². The summed E-state index contributed by atoms with van der Waals surface area (Å²) in [7, 11) is 0. The van der Waals surface area contributed by atoms with Gasteiger partial charge in [-0.1, -0.05) is 15.9 Å². The van der Waals surface area contributed by atoms with Gasteiger partial charge in [-0.25, -0.2) is 4.39 Å². The van der Waals surface area contributed by atoms with E-state index in [0.717, 1.165) is 0 Å². The minimum Gasteiger partial charge on any atom is -0.394 e. The number of benzene rings is 1. The standard InChI is InChI=1S/C8H9BrFNO2/c9-5-1-2-7(10)6(3-5)8(4-12)11-13/h1-3,8,11-13H,4H2/t8-/m0/s1. The van der Waals surface area contributed by atoms with E-state index in [1.807, 2.05) is 5.48 Å². The molecule has 0 aliphatic rings. The molecule has 0 aliphatic carbocycles. The van der Waals surface area contributed by atoms with Crippen molar-refractivity contribution in [3.63, 3.8) is 0 Å². The Balaban J connectivity index is 3.03. The lowest BCUT2D eigenvalue weighted by molar-refractivity contribution is 0.0888. The van der Waals surface area contributed by atoms with Gasteiger partial charge in [-0.2, -0.15) is 5.48 Å². The van der Waals surface area contributed by atoms with Crippen molar-refractivity contribution in [2.45, 2.75) is 6.04 Å². The molecule has 0 spiro atoms. The largest absolute Gasteiger partial charge is 0.394 e. The highest BCUT2D eigenvalue weighted by Gasteiger charge is 2.13. The van der Waals surface area contributed by atoms with Crippen LogP contribution in [0, 0.1) is 5.82 Å². The van der Waals surface area contributed by atoms with Gasteiger partial charge in [-0.15, -0.1) is 0 Å². The van der Waals surface area contributed by atoms with Crippen LogP contribution in [0.25, 0.3) is 0 Å². The minimum absolute atomic E-state index is 0.222. The molecule has 0 heterocycles. The van der Waals surface area contributed by atoms with Crippen molar-refractivity contribution >= 4 is 15.9 Å². The summed E-state index contributed by atoms with van der Waals surface area (Å²) in [5.74, 6) is -0.469. The van der Waals surface area contributed by atoms with E-state index in [9.17, 15) is 4.39 Å². The zero-order valence-electron chi connectivity index (χ0n) is 6.67. The van der Waals surface area contributed by atoms with Crippen molar-refractivity contribution in [3.05, 3.63) is 34.1 Å². The zero-order valence-corrected chi connectivity index (χ0v) is 8.25. The highest BCUT2D eigenvalue weighted by Crippen LogP contribution is 2.21. The molecule has 0 amide bonds. The fraction of sp³-hybridized carbons (Fsp3) is 0.250. The third kappa shape index (κ3) is 2.47. The molecular formula is C8H9BrFNO2. The van der Waals surface area contributed by atoms with Crippen molar-refractivity contribution < 1.29 is 14.7 Å². The van der Waals surface area contributed by atoms with E-state index in [1.165, 1.54) is 12.1 Å². The molecule has 1 aromatic carbocycles. The highest BCUT2D eigenvalue weighted by molar-refractivity contribution is 9.10. The molecule has 0 aliphatic heterocycles. The summed E-state index contributed by atoms with van der Waals surface area (Å²) >= 11 is 3.17. The van der Waals surface area contributed by atoms with Crippen LogP contribution in [-0.2, 0) is 0 Å². The number of hydroxylamine groups is 1. The lowest BCUT2D eigenvalue weighted by atomic mass is 10.1. The smallest absolute Gasteiger partial charge is 0.128 e. The van der Waals surface area contributed by atoms with Crippen molar-refractivity contribution in [2.75, 3.05) is 6.61 Å². The molecule has 0 saturated carbocycles. The van der Waals surface area contributed by atoms with Gasteiger partial charge in [0.25, 0.3) is 0 Å². The van der Waals surface area contributed by atoms with E-state index in [-0.39, 0.29) is 12.2 Å². The van der Waals surface area contributed by atoms with Crippen LogP contribution in [-0.4, -0.2) is 16.9 Å². The fourth-order valence-electron chi connectivity index (χ4n) is 0.990. The minimum atomic E-state index is -0.794. The molecule has 5 heteroatoms. The van der Waals surface area contributed by atoms with E-state index in [0.29, 0.717) is 4.47 Å². The second-order valence-electron chi connectivity index (χ2n) is 2.53. The molecule has 0 saturated heterocycles. The Morgan fingerprint density at radius 2 is 2.23 bits per heavy atom. The van der Waals surface area contributed by atoms with Crippen molar-refractivity contribution in [3.8, 4) is 0 Å². The van der Waals surface area contributed by atoms with E-state index >= 15 is 0 Å². The molecule has 0 bridgehead atoms. The lowest BCUT2D eigenvalue weighted by Gasteiger charge is -2.13. The normalized spacial score (nSPS) is 12.9. The quantitative estimate of drug-likeness (QED) is 0.714. The predicted octanol–water partition coefficient (Wildman–Crippen LogP) is 1.60. The SMILES string of the molecule is OC[C@H](NO)c1cc(Br)ccc1F. The first-order chi connectivity index (χ1) is 6.19. The van der Waals surface area contributed by atoms with Gasteiger partial charge in [0.2, 0.25) is 0 Å². The third-order valence-corrected chi connectivity index (χ3v) is 2.17. The number of hydrogen-bond acceptors (Lipinski definition) is 3. The van der Waals surface area contributed by atoms with Crippen LogP contribution in [0.1, 0.15) is 11.6 Å². The number of aliphatic hydroxyl groups excluding tert-OH is 1. The van der Waals surface area contributed by atoms with Gasteiger partial charge in [0.05, 0.1) is 12.6 Å². The first kappa shape index (κ1) is 10.6. The fourth-order valence-corrected chi connectivity index (χ4v) is 1.37. The van der Waals surface area contributed by atoms with Gasteiger partial charge in [0.15, 0.2) is 0 Å². The Morgan fingerprint density at radius 3 is 2.77 bits per heavy atom. The Bertz CT molecular complexity index is 291. The van der Waals surface area contributed by atoms with Crippen LogP contribution in [0.3, 0.4) is 0 Å². The van der Waals surface area contributed by atoms with Crippen molar-refractivity contribution in [2.24, 2.45) is 0 Å². The van der Waals surface area contributed by atoms with Crippen LogP contribution >= 0.6 is 15.9 Å². The first-order valence-corrected chi connectivity index (χ1v) is 4.43. The molecular weight excluding hydrogens is 241 g/mol. The highest BCUT2D eigenvalue weighted by atomic mass is 79.9. The topological polar surface area (TPSA) is 52.5 Å². The Morgan fingerprint density at radius 1 is 1.54 bits per heavy atom. The average molecular weight is 250 g/mol. The van der Waals surface area contributed by atoms with Gasteiger partial charge < -0.3 is 10.3 Å². The van der Waals surface area contributed by atoms with Gasteiger partial charge in [-0.3, -0.25) is 0 Å². The second-order valence-corrected chi connectivity index (χ2v) is 3.45. The molecule has 1 atom stereocenters. The molecule has 3 N–H and O–H groups in total. The van der Waals surface area contributed by atoms with Gasteiger partial charge in [0, 0.05) is 10.0 Å². The number of aliphatic hydroxyl groups is 1. The third-order valence-electron chi connectivity index (χ3n) is 1.67. The van der Waals surface area contributed by atoms with Crippen LogP contribution in [0.5, 0.6) is 0 Å². The number of nitrogens with one attached hydrogen (secondary N) is 1. The lowest BCUT2D eigenvalue weighted by Crippen LogP contribution is -2.21. The molecule has 13 heavy (non-hydrogen) atoms. The van der Waals surface area contributed by atoms with Crippen LogP contribution in [0.2, 0.25) is 0 Å². The molecule has 72 valence electrons. The van der Waals surface area contributed by atoms with E-state index in [2.05, 4.69) is 15.9 Å². The van der Waals surface area contributed by atoms with Gasteiger partial charge >= 0.3 is 0 Å². The molecule has 0 unspecified atom stereocenters. The van der Waals surface area contributed by atoms with Crippen molar-refractivity contribution in [1.29, 1.82) is 0 Å². The maximum atomic E-state index is 13.1. The van der Waals surface area contributed by atoms with Crippen LogP contribution in [0.4, 0.5) is 4.39 Å². The Kier molecular flexibility index (Phi) is 3.80.